The maximum Gasteiger partial charge on any atom is 0.0294 e. The van der Waals surface area contributed by atoms with Gasteiger partial charge in [0.05, 0.1) is 0 Å². The molecule has 0 spiro atoms. The summed E-state index contributed by atoms with van der Waals surface area (Å²) in [6.07, 6.45) is 2.63. The zero-order valence-corrected chi connectivity index (χ0v) is 14.6. The molecule has 1 aliphatic rings. The third-order valence-electron chi connectivity index (χ3n) is 3.69. The van der Waals surface area contributed by atoms with Crippen LogP contribution >= 0.6 is 23.5 Å². The lowest BCUT2D eigenvalue weighted by atomic mass is 9.88. The smallest absolute Gasteiger partial charge is 0.0294 e. The fourth-order valence-corrected chi connectivity index (χ4v) is 5.46. The van der Waals surface area contributed by atoms with Gasteiger partial charge >= 0.3 is 0 Å². The van der Waals surface area contributed by atoms with Crippen molar-refractivity contribution in [2.75, 3.05) is 12.3 Å². The second-order valence-corrected chi connectivity index (χ2v) is 9.71. The highest BCUT2D eigenvalue weighted by Gasteiger charge is 2.31. The van der Waals surface area contributed by atoms with Gasteiger partial charge in [0, 0.05) is 27.5 Å². The third kappa shape index (κ3) is 5.75. The van der Waals surface area contributed by atoms with Gasteiger partial charge in [-0.25, -0.2) is 0 Å². The number of hydrogen-bond acceptors (Lipinski definition) is 3. The molecule has 4 unspecified atom stereocenters. The van der Waals surface area contributed by atoms with Crippen molar-refractivity contribution in [3.05, 3.63) is 0 Å². The molecule has 1 nitrogen and oxygen atoms in total. The van der Waals surface area contributed by atoms with Gasteiger partial charge in [-0.1, -0.05) is 41.5 Å². The highest BCUT2D eigenvalue weighted by Crippen LogP contribution is 2.38. The Morgan fingerprint density at radius 3 is 2.39 bits per heavy atom. The predicted molar refractivity (Wildman–Crippen MR) is 88.9 cm³/mol. The quantitative estimate of drug-likeness (QED) is 0.805. The molecule has 1 rings (SSSR count). The van der Waals surface area contributed by atoms with E-state index in [1.165, 1.54) is 18.6 Å². The van der Waals surface area contributed by atoms with E-state index in [4.69, 9.17) is 0 Å². The van der Waals surface area contributed by atoms with Crippen LogP contribution in [0.25, 0.3) is 0 Å². The van der Waals surface area contributed by atoms with Crippen molar-refractivity contribution in [3.63, 3.8) is 0 Å². The average Bonchev–Trinajstić information content (AvgIpc) is 2.27. The first kappa shape index (κ1) is 16.7. The Hall–Kier alpha value is 0.660. The van der Waals surface area contributed by atoms with Crippen molar-refractivity contribution in [2.45, 2.75) is 76.2 Å². The molecule has 1 fully saturated rings. The lowest BCUT2D eigenvalue weighted by Crippen LogP contribution is -2.43. The molecule has 3 heteroatoms. The van der Waals surface area contributed by atoms with Gasteiger partial charge in [-0.3, -0.25) is 0 Å². The molecule has 1 heterocycles. The van der Waals surface area contributed by atoms with Gasteiger partial charge in [0.2, 0.25) is 0 Å². The van der Waals surface area contributed by atoms with Crippen molar-refractivity contribution in [1.82, 2.24) is 5.32 Å². The van der Waals surface area contributed by atoms with Crippen LogP contribution in [-0.2, 0) is 0 Å². The first-order valence-corrected chi connectivity index (χ1v) is 9.33. The molecule has 0 aromatic carbocycles. The minimum atomic E-state index is 0.457. The zero-order valence-electron chi connectivity index (χ0n) is 13.0. The van der Waals surface area contributed by atoms with Gasteiger partial charge in [-0.15, -0.1) is 0 Å². The van der Waals surface area contributed by atoms with E-state index >= 15 is 0 Å². The lowest BCUT2D eigenvalue weighted by Gasteiger charge is -2.37. The van der Waals surface area contributed by atoms with Crippen molar-refractivity contribution in [2.24, 2.45) is 5.41 Å². The fourth-order valence-electron chi connectivity index (χ4n) is 2.29. The molecule has 0 saturated carbocycles. The van der Waals surface area contributed by atoms with E-state index in [1.54, 1.807) is 0 Å². The molecule has 0 radical (unpaired) electrons. The van der Waals surface area contributed by atoms with Crippen molar-refractivity contribution in [3.8, 4) is 0 Å². The maximum atomic E-state index is 3.73. The van der Waals surface area contributed by atoms with Gasteiger partial charge < -0.3 is 5.32 Å². The summed E-state index contributed by atoms with van der Waals surface area (Å²) in [6, 6.07) is 0.696. The van der Waals surface area contributed by atoms with Crippen LogP contribution in [0.4, 0.5) is 0 Å². The summed E-state index contributed by atoms with van der Waals surface area (Å²) in [5.41, 5.74) is 0.457. The van der Waals surface area contributed by atoms with Gasteiger partial charge in [0.15, 0.2) is 0 Å². The largest absolute Gasteiger partial charge is 0.313 e. The topological polar surface area (TPSA) is 12.0 Å². The molecule has 0 bridgehead atoms. The van der Waals surface area contributed by atoms with E-state index in [0.717, 1.165) is 22.3 Å². The molecule has 108 valence electrons. The van der Waals surface area contributed by atoms with Gasteiger partial charge in [-0.2, -0.15) is 23.5 Å². The van der Waals surface area contributed by atoms with Crippen LogP contribution in [0.2, 0.25) is 0 Å². The van der Waals surface area contributed by atoms with Crippen molar-refractivity contribution >= 4 is 23.5 Å². The monoisotopic (exact) mass is 289 g/mol. The highest BCUT2D eigenvalue weighted by atomic mass is 32.2. The Bertz CT molecular complexity index is 237. The van der Waals surface area contributed by atoms with Crippen LogP contribution in [0, 0.1) is 5.41 Å². The second kappa shape index (κ2) is 7.44. The molecule has 18 heavy (non-hydrogen) atoms. The first-order chi connectivity index (χ1) is 8.33. The highest BCUT2D eigenvalue weighted by molar-refractivity contribution is 8.07. The van der Waals surface area contributed by atoms with Crippen LogP contribution in [-0.4, -0.2) is 34.1 Å². The lowest BCUT2D eigenvalue weighted by molar-refractivity contribution is 0.330. The number of thioether (sulfide) groups is 2. The minimum absolute atomic E-state index is 0.457. The molecule has 0 aromatic heterocycles. The molecule has 4 atom stereocenters. The number of rotatable bonds is 5. The van der Waals surface area contributed by atoms with Crippen molar-refractivity contribution in [1.29, 1.82) is 0 Å². The summed E-state index contributed by atoms with van der Waals surface area (Å²) in [5, 5.41) is 6.13. The van der Waals surface area contributed by atoms with E-state index < -0.39 is 0 Å². The van der Waals surface area contributed by atoms with Crippen LogP contribution in [0.15, 0.2) is 0 Å². The first-order valence-electron chi connectivity index (χ1n) is 7.34. The number of nitrogens with one attached hydrogen (secondary N) is 1. The molecule has 0 aromatic rings. The Morgan fingerprint density at radius 1 is 1.22 bits per heavy atom. The summed E-state index contributed by atoms with van der Waals surface area (Å²) in [4.78, 5) is 0. The van der Waals surface area contributed by atoms with Crippen molar-refractivity contribution < 1.29 is 0 Å². The maximum absolute atomic E-state index is 3.73. The van der Waals surface area contributed by atoms with E-state index in [2.05, 4.69) is 70.4 Å². The Morgan fingerprint density at radius 2 is 1.89 bits per heavy atom. The summed E-state index contributed by atoms with van der Waals surface area (Å²) in [7, 11) is 0. The van der Waals surface area contributed by atoms with Crippen LogP contribution in [0.1, 0.15) is 54.4 Å². The SMILES string of the molecule is CCNC(CCC(C)(C)C)C1CSC(C)C(C)S1. The fraction of sp³-hybridized carbons (Fsp3) is 1.00. The number of hydrogen-bond donors (Lipinski definition) is 1. The molecule has 1 aliphatic heterocycles. The van der Waals surface area contributed by atoms with Gasteiger partial charge in [0.1, 0.15) is 0 Å². The van der Waals surface area contributed by atoms with Crippen LogP contribution in [0.3, 0.4) is 0 Å². The predicted octanol–water partition coefficient (Wildman–Crippen LogP) is 4.42. The molecule has 0 aliphatic carbocycles. The van der Waals surface area contributed by atoms with E-state index in [1.807, 2.05) is 0 Å². The third-order valence-corrected chi connectivity index (χ3v) is 7.25. The summed E-state index contributed by atoms with van der Waals surface area (Å²) in [5.74, 6) is 1.32. The van der Waals surface area contributed by atoms with E-state index in [9.17, 15) is 0 Å². The molecule has 0 amide bonds. The molecule has 1 N–H and O–H groups in total. The second-order valence-electron chi connectivity index (χ2n) is 6.68. The van der Waals surface area contributed by atoms with Crippen LogP contribution in [0.5, 0.6) is 0 Å². The average molecular weight is 290 g/mol. The van der Waals surface area contributed by atoms with Gasteiger partial charge in [-0.05, 0) is 24.8 Å². The van der Waals surface area contributed by atoms with Crippen LogP contribution < -0.4 is 5.32 Å². The summed E-state index contributed by atoms with van der Waals surface area (Å²) in [6.45, 7) is 15.1. The standard InChI is InChI=1S/C15H31NS2/c1-7-16-13(8-9-15(4,5)6)14-10-17-11(2)12(3)18-14/h11-14,16H,7-10H2,1-6H3. The molecular formula is C15H31NS2. The molecule has 1 saturated heterocycles. The van der Waals surface area contributed by atoms with E-state index in [-0.39, 0.29) is 0 Å². The summed E-state index contributed by atoms with van der Waals surface area (Å²) >= 11 is 4.37. The Kier molecular flexibility index (Phi) is 6.91. The van der Waals surface area contributed by atoms with Gasteiger partial charge in [0.25, 0.3) is 0 Å². The Labute approximate surface area is 123 Å². The minimum Gasteiger partial charge on any atom is -0.313 e. The normalized spacial score (nSPS) is 31.3. The van der Waals surface area contributed by atoms with E-state index in [0.29, 0.717) is 11.5 Å². The molecular weight excluding hydrogens is 258 g/mol. The zero-order chi connectivity index (χ0) is 13.8. The Balaban J connectivity index is 2.50. The summed E-state index contributed by atoms with van der Waals surface area (Å²) < 4.78 is 0.